The molecule has 0 aromatic heterocycles. The minimum Gasteiger partial charge on any atom is -0.463 e. The van der Waals surface area contributed by atoms with Crippen LogP contribution in [-0.2, 0) is 23.1 Å². The highest BCUT2D eigenvalue weighted by Crippen LogP contribution is 2.21. The van der Waals surface area contributed by atoms with Crippen molar-refractivity contribution in [3.63, 3.8) is 0 Å². The molecule has 0 aromatic rings. The van der Waals surface area contributed by atoms with Crippen LogP contribution in [0.4, 0.5) is 4.79 Å². The lowest BCUT2D eigenvalue weighted by Crippen LogP contribution is -2.42. The van der Waals surface area contributed by atoms with Crippen LogP contribution in [0, 0.1) is 5.41 Å². The number of ether oxygens (including phenoxy) is 3. The number of nitrogens with one attached hydrogen (secondary N) is 1. The molecule has 0 saturated heterocycles. The monoisotopic (exact) mass is 435 g/mol. The minimum absolute atomic E-state index is 0.132. The Hall–Kier alpha value is -0.906. The maximum Gasteiger partial charge on any atom is 0.407 e. The van der Waals surface area contributed by atoms with Crippen molar-refractivity contribution in [2.75, 3.05) is 33.0 Å². The molecule has 0 aliphatic carbocycles. The SMILES string of the molecule is CCC(C)(C)C(=O)OCCNC(=O)OCCOCCC[Si](C)(C)O[Si](C)(C)C. The molecule has 0 aromatic carbocycles. The summed E-state index contributed by atoms with van der Waals surface area (Å²) in [5.74, 6) is -0.264. The second kappa shape index (κ2) is 12.6. The van der Waals surface area contributed by atoms with Crippen molar-refractivity contribution >= 4 is 28.7 Å². The maximum absolute atomic E-state index is 11.8. The zero-order valence-corrected chi connectivity index (χ0v) is 21.1. The van der Waals surface area contributed by atoms with Crippen LogP contribution in [0.2, 0.25) is 38.8 Å². The van der Waals surface area contributed by atoms with Crippen molar-refractivity contribution in [1.82, 2.24) is 5.32 Å². The van der Waals surface area contributed by atoms with Crippen molar-refractivity contribution in [3.05, 3.63) is 0 Å². The largest absolute Gasteiger partial charge is 0.463 e. The molecule has 28 heavy (non-hydrogen) atoms. The van der Waals surface area contributed by atoms with Crippen LogP contribution >= 0.6 is 0 Å². The van der Waals surface area contributed by atoms with E-state index >= 15 is 0 Å². The summed E-state index contributed by atoms with van der Waals surface area (Å²) in [5, 5.41) is 2.55. The average molecular weight is 436 g/mol. The molecule has 0 aliphatic heterocycles. The number of alkyl carbamates (subject to hydrolysis) is 1. The van der Waals surface area contributed by atoms with E-state index in [0.717, 1.165) is 12.5 Å². The minimum atomic E-state index is -1.62. The van der Waals surface area contributed by atoms with Gasteiger partial charge in [0.15, 0.2) is 16.6 Å². The summed E-state index contributed by atoms with van der Waals surface area (Å²) in [6.07, 6.45) is 1.12. The van der Waals surface area contributed by atoms with Gasteiger partial charge in [-0.3, -0.25) is 4.79 Å². The van der Waals surface area contributed by atoms with Crippen LogP contribution in [0.1, 0.15) is 33.6 Å². The third kappa shape index (κ3) is 14.1. The van der Waals surface area contributed by atoms with E-state index in [0.29, 0.717) is 19.6 Å². The van der Waals surface area contributed by atoms with Gasteiger partial charge in [-0.2, -0.15) is 0 Å². The van der Waals surface area contributed by atoms with Gasteiger partial charge in [-0.15, -0.1) is 0 Å². The van der Waals surface area contributed by atoms with Gasteiger partial charge in [-0.1, -0.05) is 6.92 Å². The topological polar surface area (TPSA) is 83.1 Å². The summed E-state index contributed by atoms with van der Waals surface area (Å²) in [5.41, 5.74) is -0.504. The van der Waals surface area contributed by atoms with Crippen LogP contribution < -0.4 is 5.32 Å². The Morgan fingerprint density at radius 1 is 0.929 bits per heavy atom. The van der Waals surface area contributed by atoms with E-state index in [9.17, 15) is 9.59 Å². The highest BCUT2D eigenvalue weighted by Gasteiger charge is 2.29. The quantitative estimate of drug-likeness (QED) is 0.251. The molecule has 0 heterocycles. The predicted octanol–water partition coefficient (Wildman–Crippen LogP) is 4.16. The van der Waals surface area contributed by atoms with Crippen molar-refractivity contribution in [1.29, 1.82) is 0 Å². The Morgan fingerprint density at radius 3 is 2.14 bits per heavy atom. The van der Waals surface area contributed by atoms with Gasteiger partial charge in [-0.25, -0.2) is 4.79 Å². The predicted molar refractivity (Wildman–Crippen MR) is 117 cm³/mol. The normalized spacial score (nSPS) is 12.6. The molecule has 1 amide bonds. The van der Waals surface area contributed by atoms with Crippen molar-refractivity contribution in [2.45, 2.75) is 72.4 Å². The number of carbonyl (C=O) groups is 2. The number of hydrogen-bond acceptors (Lipinski definition) is 6. The molecule has 0 rings (SSSR count). The smallest absolute Gasteiger partial charge is 0.407 e. The van der Waals surface area contributed by atoms with E-state index in [2.05, 4.69) is 38.1 Å². The molecular weight excluding hydrogens is 394 g/mol. The van der Waals surface area contributed by atoms with Gasteiger partial charge in [-0.05, 0) is 65.5 Å². The molecule has 1 N–H and O–H groups in total. The Morgan fingerprint density at radius 2 is 1.57 bits per heavy atom. The molecule has 0 unspecified atom stereocenters. The zero-order valence-electron chi connectivity index (χ0n) is 19.1. The van der Waals surface area contributed by atoms with Gasteiger partial charge < -0.3 is 23.6 Å². The van der Waals surface area contributed by atoms with E-state index in [1.165, 1.54) is 0 Å². The van der Waals surface area contributed by atoms with Crippen molar-refractivity contribution in [2.24, 2.45) is 5.41 Å². The fourth-order valence-corrected chi connectivity index (χ4v) is 10.5. The summed E-state index contributed by atoms with van der Waals surface area (Å²) >= 11 is 0. The summed E-state index contributed by atoms with van der Waals surface area (Å²) in [4.78, 5) is 23.3. The molecule has 9 heteroatoms. The molecule has 0 spiro atoms. The zero-order chi connectivity index (χ0) is 21.8. The second-order valence-electron chi connectivity index (χ2n) is 9.13. The summed E-state index contributed by atoms with van der Waals surface area (Å²) in [7, 11) is -3.11. The first-order valence-electron chi connectivity index (χ1n) is 10.1. The lowest BCUT2D eigenvalue weighted by molar-refractivity contribution is -0.153. The first kappa shape index (κ1) is 27.1. The fourth-order valence-electron chi connectivity index (χ4n) is 2.46. The lowest BCUT2D eigenvalue weighted by Gasteiger charge is -2.31. The molecule has 0 bridgehead atoms. The van der Waals surface area contributed by atoms with Gasteiger partial charge in [0.05, 0.1) is 18.6 Å². The van der Waals surface area contributed by atoms with Gasteiger partial charge in [0, 0.05) is 6.61 Å². The number of amides is 1. The van der Waals surface area contributed by atoms with Crippen LogP contribution in [-0.4, -0.2) is 61.7 Å². The summed E-state index contributed by atoms with van der Waals surface area (Å²) < 4.78 is 22.0. The van der Waals surface area contributed by atoms with Crippen molar-refractivity contribution < 1.29 is 27.9 Å². The third-order valence-corrected chi connectivity index (χ3v) is 10.4. The third-order valence-electron chi connectivity index (χ3n) is 4.15. The second-order valence-corrected chi connectivity index (χ2v) is 18.2. The van der Waals surface area contributed by atoms with Gasteiger partial charge in [0.2, 0.25) is 0 Å². The first-order chi connectivity index (χ1) is 12.8. The Labute approximate surface area is 173 Å². The number of rotatable bonds is 14. The molecule has 0 atom stereocenters. The summed E-state index contributed by atoms with van der Waals surface area (Å²) in [6, 6.07) is 1.06. The van der Waals surface area contributed by atoms with Crippen LogP contribution in [0.5, 0.6) is 0 Å². The molecular formula is C19H41NO6Si2. The molecule has 0 fully saturated rings. The number of esters is 1. The van der Waals surface area contributed by atoms with E-state index in [1.54, 1.807) is 0 Å². The standard InChI is InChI=1S/C19H41NO6Si2/c1-9-19(2,3)17(21)24-13-11-20-18(22)25-15-14-23-12-10-16-28(7,8)26-27(4,5)6/h9-16H2,1-8H3,(H,20,22). The van der Waals surface area contributed by atoms with E-state index in [1.807, 2.05) is 20.8 Å². The van der Waals surface area contributed by atoms with E-state index in [-0.39, 0.29) is 25.7 Å². The van der Waals surface area contributed by atoms with Crippen LogP contribution in [0.3, 0.4) is 0 Å². The van der Waals surface area contributed by atoms with Crippen molar-refractivity contribution in [3.8, 4) is 0 Å². The Kier molecular flexibility index (Phi) is 12.2. The van der Waals surface area contributed by atoms with Gasteiger partial charge in [0.1, 0.15) is 13.2 Å². The maximum atomic E-state index is 11.8. The number of carbonyl (C=O) groups excluding carboxylic acids is 2. The van der Waals surface area contributed by atoms with Crippen LogP contribution in [0.25, 0.3) is 0 Å². The van der Waals surface area contributed by atoms with Gasteiger partial charge >= 0.3 is 12.1 Å². The molecule has 7 nitrogen and oxygen atoms in total. The highest BCUT2D eigenvalue weighted by molar-refractivity contribution is 6.84. The summed E-state index contributed by atoms with van der Waals surface area (Å²) in [6.45, 7) is 18.3. The van der Waals surface area contributed by atoms with Gasteiger partial charge in [0.25, 0.3) is 0 Å². The molecule has 166 valence electrons. The Balaban J connectivity index is 3.67. The Bertz CT molecular complexity index is 478. The molecule has 0 radical (unpaired) electrons. The van der Waals surface area contributed by atoms with Crippen LogP contribution in [0.15, 0.2) is 0 Å². The molecule has 0 saturated carbocycles. The van der Waals surface area contributed by atoms with E-state index in [4.69, 9.17) is 18.3 Å². The average Bonchev–Trinajstić information content (AvgIpc) is 2.55. The first-order valence-corrected chi connectivity index (χ1v) is 16.7. The number of hydrogen-bond donors (Lipinski definition) is 1. The molecule has 0 aliphatic rings. The van der Waals surface area contributed by atoms with E-state index < -0.39 is 28.1 Å². The highest BCUT2D eigenvalue weighted by atomic mass is 28.4. The fraction of sp³-hybridized carbons (Fsp3) is 0.895. The lowest BCUT2D eigenvalue weighted by atomic mass is 9.91.